The molecule has 2 amide bonds. The molecule has 45 heavy (non-hydrogen) atoms. The first-order valence-electron chi connectivity index (χ1n) is 16.3. The molecular formula is C36H43N7O2. The second-order valence-electron chi connectivity index (χ2n) is 12.9. The van der Waals surface area contributed by atoms with Crippen LogP contribution in [0.1, 0.15) is 48.1 Å². The number of aromatic nitrogens is 2. The van der Waals surface area contributed by atoms with Crippen LogP contribution in [-0.2, 0) is 11.3 Å². The first-order valence-corrected chi connectivity index (χ1v) is 16.3. The van der Waals surface area contributed by atoms with Crippen molar-refractivity contribution in [1.82, 2.24) is 24.3 Å². The van der Waals surface area contributed by atoms with Gasteiger partial charge in [0.1, 0.15) is 11.9 Å². The van der Waals surface area contributed by atoms with E-state index in [1.807, 2.05) is 43.1 Å². The zero-order valence-corrected chi connectivity index (χ0v) is 26.6. The molecule has 3 aliphatic heterocycles. The number of nitrogens with zero attached hydrogens (tertiary/aromatic N) is 6. The average molecular weight is 606 g/mol. The van der Waals surface area contributed by atoms with Gasteiger partial charge in [-0.2, -0.15) is 0 Å². The number of carbonyl (C=O) groups excluding carboxylic acids is 2. The molecular weight excluding hydrogens is 562 g/mol. The summed E-state index contributed by atoms with van der Waals surface area (Å²) in [6, 6.07) is 22.6. The molecule has 9 heteroatoms. The zero-order valence-electron chi connectivity index (χ0n) is 26.6. The Balaban J connectivity index is 1.18. The average Bonchev–Trinajstić information content (AvgIpc) is 3.39. The van der Waals surface area contributed by atoms with Gasteiger partial charge >= 0.3 is 0 Å². The Morgan fingerprint density at radius 1 is 0.956 bits per heavy atom. The lowest BCUT2D eigenvalue weighted by atomic mass is 10.0. The molecule has 0 radical (unpaired) electrons. The fourth-order valence-corrected chi connectivity index (χ4v) is 7.22. The number of fused-ring (bicyclic) bond motifs is 5. The summed E-state index contributed by atoms with van der Waals surface area (Å²) in [7, 11) is 4.05. The highest BCUT2D eigenvalue weighted by atomic mass is 16.2. The summed E-state index contributed by atoms with van der Waals surface area (Å²) in [5.74, 6) is 0.748. The summed E-state index contributed by atoms with van der Waals surface area (Å²) in [5, 5.41) is 3.18. The highest BCUT2D eigenvalue weighted by molar-refractivity contribution is 6.03. The molecule has 9 nitrogen and oxygen atoms in total. The minimum Gasteiger partial charge on any atom is -0.369 e. The van der Waals surface area contributed by atoms with Gasteiger partial charge in [-0.3, -0.25) is 14.5 Å². The number of hydrogen-bond acceptors (Lipinski definition) is 6. The van der Waals surface area contributed by atoms with Crippen LogP contribution in [-0.4, -0.2) is 95.5 Å². The number of rotatable bonds is 6. The van der Waals surface area contributed by atoms with Gasteiger partial charge in [-0.15, -0.1) is 0 Å². The maximum atomic E-state index is 13.6. The van der Waals surface area contributed by atoms with Gasteiger partial charge in [-0.25, -0.2) is 4.98 Å². The third-order valence-electron chi connectivity index (χ3n) is 9.98. The molecule has 234 valence electrons. The van der Waals surface area contributed by atoms with E-state index in [0.717, 1.165) is 92.5 Å². The van der Waals surface area contributed by atoms with Crippen LogP contribution < -0.4 is 10.2 Å². The molecule has 3 aromatic carbocycles. The number of piperidine rings is 1. The van der Waals surface area contributed by atoms with E-state index < -0.39 is 6.04 Å². The molecule has 4 heterocycles. The first-order chi connectivity index (χ1) is 21.9. The van der Waals surface area contributed by atoms with Gasteiger partial charge in [0.25, 0.3) is 5.91 Å². The predicted octanol–water partition coefficient (Wildman–Crippen LogP) is 5.09. The lowest BCUT2D eigenvalue weighted by molar-refractivity contribution is -0.119. The molecule has 1 N–H and O–H groups in total. The molecule has 1 aromatic heterocycles. The highest BCUT2D eigenvalue weighted by Gasteiger charge is 2.32. The quantitative estimate of drug-likeness (QED) is 0.330. The summed E-state index contributed by atoms with van der Waals surface area (Å²) >= 11 is 0. The lowest BCUT2D eigenvalue weighted by Gasteiger charge is -2.36. The van der Waals surface area contributed by atoms with E-state index in [4.69, 9.17) is 4.98 Å². The minimum atomic E-state index is -0.397. The largest absolute Gasteiger partial charge is 0.369 e. The van der Waals surface area contributed by atoms with Crippen molar-refractivity contribution in [1.29, 1.82) is 0 Å². The van der Waals surface area contributed by atoms with Crippen LogP contribution in [0, 0.1) is 0 Å². The van der Waals surface area contributed by atoms with Crippen LogP contribution in [0.5, 0.6) is 0 Å². The monoisotopic (exact) mass is 605 g/mol. The molecule has 0 aliphatic carbocycles. The van der Waals surface area contributed by atoms with Gasteiger partial charge in [0.15, 0.2) is 0 Å². The molecule has 2 fully saturated rings. The number of carbonyl (C=O) groups is 2. The van der Waals surface area contributed by atoms with Crippen LogP contribution in [0.15, 0.2) is 66.7 Å². The Labute approximate surface area is 265 Å². The third kappa shape index (κ3) is 5.71. The van der Waals surface area contributed by atoms with Crippen molar-refractivity contribution in [2.75, 3.05) is 63.6 Å². The summed E-state index contributed by atoms with van der Waals surface area (Å²) in [5.41, 5.74) is 6.41. The molecule has 0 spiro atoms. The highest BCUT2D eigenvalue weighted by Crippen LogP contribution is 2.40. The number of hydrogen-bond donors (Lipinski definition) is 1. The Hall–Kier alpha value is -4.21. The summed E-state index contributed by atoms with van der Waals surface area (Å²) in [4.78, 5) is 41.4. The lowest BCUT2D eigenvalue weighted by Crippen LogP contribution is -2.45. The summed E-state index contributed by atoms with van der Waals surface area (Å²) in [6.07, 6.45) is 2.59. The number of likely N-dealkylation sites (tertiary alicyclic amines) is 1. The zero-order chi connectivity index (χ0) is 31.1. The van der Waals surface area contributed by atoms with E-state index >= 15 is 0 Å². The Morgan fingerprint density at radius 2 is 1.71 bits per heavy atom. The number of benzene rings is 3. The molecule has 3 aliphatic rings. The van der Waals surface area contributed by atoms with Crippen LogP contribution in [0.3, 0.4) is 0 Å². The molecule has 1 unspecified atom stereocenters. The summed E-state index contributed by atoms with van der Waals surface area (Å²) in [6.45, 7) is 8.84. The van der Waals surface area contributed by atoms with E-state index in [2.05, 4.69) is 74.1 Å². The van der Waals surface area contributed by atoms with Crippen molar-refractivity contribution in [3.63, 3.8) is 0 Å². The number of piperazine rings is 1. The van der Waals surface area contributed by atoms with E-state index in [1.54, 1.807) is 0 Å². The van der Waals surface area contributed by atoms with Crippen molar-refractivity contribution in [2.45, 2.75) is 44.8 Å². The van der Waals surface area contributed by atoms with Crippen molar-refractivity contribution in [3.8, 4) is 11.4 Å². The van der Waals surface area contributed by atoms with Crippen molar-refractivity contribution >= 4 is 34.2 Å². The number of anilines is 2. The van der Waals surface area contributed by atoms with Gasteiger partial charge in [-0.05, 0) is 81.4 Å². The Bertz CT molecular complexity index is 1700. The van der Waals surface area contributed by atoms with E-state index in [9.17, 15) is 9.59 Å². The standard InChI is InChI=1S/C36H43N7O2/c1-4-32-35(44)38-30-12-11-28(42-20-18-41(19-21-42)24-25-8-6-5-7-9-25)23-29(30)34-37-31-22-26(10-13-33(31)43(32)34)36(45)40(3)27-14-16-39(2)17-15-27/h5-13,22-23,27,32H,4,14-21,24H2,1-3H3,(H,38,44). The van der Waals surface area contributed by atoms with Crippen LogP contribution >= 0.6 is 0 Å². The molecule has 7 rings (SSSR count). The molecule has 0 bridgehead atoms. The predicted molar refractivity (Wildman–Crippen MR) is 180 cm³/mol. The smallest absolute Gasteiger partial charge is 0.253 e. The normalized spacial score (nSPS) is 19.6. The fourth-order valence-electron chi connectivity index (χ4n) is 7.22. The van der Waals surface area contributed by atoms with Crippen molar-refractivity contribution < 1.29 is 9.59 Å². The molecule has 0 saturated carbocycles. The first kappa shape index (κ1) is 29.5. The number of imidazole rings is 1. The number of amides is 2. The van der Waals surface area contributed by atoms with E-state index in [0.29, 0.717) is 12.0 Å². The van der Waals surface area contributed by atoms with Crippen LogP contribution in [0.2, 0.25) is 0 Å². The number of nitrogens with one attached hydrogen (secondary N) is 1. The second-order valence-corrected chi connectivity index (χ2v) is 12.9. The SMILES string of the molecule is CCC1C(=O)Nc2ccc(N3CCN(Cc4ccccc4)CC3)cc2-c2nc3cc(C(=O)N(C)C4CCN(C)CC4)ccc3n21. The minimum absolute atomic E-state index is 0.0218. The van der Waals surface area contributed by atoms with Crippen molar-refractivity contribution in [2.24, 2.45) is 0 Å². The topological polar surface area (TPSA) is 76.9 Å². The fraction of sp³-hybridized carbons (Fsp3) is 0.417. The Kier molecular flexibility index (Phi) is 8.06. The van der Waals surface area contributed by atoms with Crippen LogP contribution in [0.4, 0.5) is 11.4 Å². The second kappa shape index (κ2) is 12.3. The van der Waals surface area contributed by atoms with Gasteiger partial charge in [0, 0.05) is 62.6 Å². The van der Waals surface area contributed by atoms with Crippen molar-refractivity contribution in [3.05, 3.63) is 77.9 Å². The van der Waals surface area contributed by atoms with Gasteiger partial charge < -0.3 is 24.6 Å². The maximum absolute atomic E-state index is 13.6. The van der Waals surface area contributed by atoms with Gasteiger partial charge in [0.05, 0.1) is 16.7 Å². The van der Waals surface area contributed by atoms with Gasteiger partial charge in [0.2, 0.25) is 5.91 Å². The van der Waals surface area contributed by atoms with E-state index in [1.165, 1.54) is 5.56 Å². The maximum Gasteiger partial charge on any atom is 0.253 e. The third-order valence-corrected chi connectivity index (χ3v) is 9.98. The molecule has 2 saturated heterocycles. The summed E-state index contributed by atoms with van der Waals surface area (Å²) < 4.78 is 2.08. The van der Waals surface area contributed by atoms with Crippen LogP contribution in [0.25, 0.3) is 22.4 Å². The molecule has 4 aromatic rings. The van der Waals surface area contributed by atoms with Gasteiger partial charge in [-0.1, -0.05) is 37.3 Å². The van der Waals surface area contributed by atoms with E-state index in [-0.39, 0.29) is 17.9 Å². The molecule has 1 atom stereocenters. The Morgan fingerprint density at radius 3 is 2.44 bits per heavy atom.